The topological polar surface area (TPSA) is 75.4 Å². The van der Waals surface area contributed by atoms with Crippen LogP contribution < -0.4 is 16.0 Å². The highest BCUT2D eigenvalue weighted by Gasteiger charge is 2.30. The fraction of sp³-hybridized carbons (Fsp3) is 0.400. The molecule has 0 bridgehead atoms. The van der Waals surface area contributed by atoms with E-state index in [9.17, 15) is 9.59 Å². The zero-order valence-electron chi connectivity index (χ0n) is 14.9. The highest BCUT2D eigenvalue weighted by molar-refractivity contribution is 7.17. The summed E-state index contributed by atoms with van der Waals surface area (Å²) in [4.78, 5) is 28.2. The summed E-state index contributed by atoms with van der Waals surface area (Å²) in [6.45, 7) is 2.78. The van der Waals surface area contributed by atoms with E-state index in [0.29, 0.717) is 10.6 Å². The number of hydrogen-bond acceptors (Lipinski definition) is 4. The SMILES string of the molecule is C[C@H](C(=O)Nc1sc2c(c1C(N)=O)CCC2)N1CCCc2ccccc21. The smallest absolute Gasteiger partial charge is 0.251 e. The third kappa shape index (κ3) is 2.88. The molecule has 0 unspecified atom stereocenters. The van der Waals surface area contributed by atoms with Gasteiger partial charge in [-0.2, -0.15) is 0 Å². The molecule has 136 valence electrons. The Bertz CT molecular complexity index is 874. The summed E-state index contributed by atoms with van der Waals surface area (Å²) < 4.78 is 0. The Kier molecular flexibility index (Phi) is 4.44. The summed E-state index contributed by atoms with van der Waals surface area (Å²) in [5, 5.41) is 3.60. The van der Waals surface area contributed by atoms with E-state index in [1.165, 1.54) is 21.8 Å². The number of amides is 2. The van der Waals surface area contributed by atoms with Crippen LogP contribution in [0.4, 0.5) is 10.7 Å². The van der Waals surface area contributed by atoms with Crippen molar-refractivity contribution in [2.24, 2.45) is 5.73 Å². The quantitative estimate of drug-likeness (QED) is 0.869. The van der Waals surface area contributed by atoms with Crippen LogP contribution in [0.1, 0.15) is 46.1 Å². The zero-order valence-corrected chi connectivity index (χ0v) is 15.7. The van der Waals surface area contributed by atoms with Crippen LogP contribution in [0.5, 0.6) is 0 Å². The van der Waals surface area contributed by atoms with Gasteiger partial charge in [0.2, 0.25) is 5.91 Å². The fourth-order valence-electron chi connectivity index (χ4n) is 4.08. The van der Waals surface area contributed by atoms with Crippen molar-refractivity contribution in [3.05, 3.63) is 45.8 Å². The fourth-order valence-corrected chi connectivity index (χ4v) is 5.37. The normalized spacial score (nSPS) is 16.7. The van der Waals surface area contributed by atoms with Gasteiger partial charge in [-0.05, 0) is 56.2 Å². The first-order valence-electron chi connectivity index (χ1n) is 9.16. The minimum Gasteiger partial charge on any atom is -0.365 e. The molecule has 0 saturated carbocycles. The van der Waals surface area contributed by atoms with Gasteiger partial charge in [-0.15, -0.1) is 11.3 Å². The van der Waals surface area contributed by atoms with Gasteiger partial charge in [-0.1, -0.05) is 18.2 Å². The number of nitrogens with one attached hydrogen (secondary N) is 1. The lowest BCUT2D eigenvalue weighted by Crippen LogP contribution is -2.44. The van der Waals surface area contributed by atoms with Crippen molar-refractivity contribution in [2.75, 3.05) is 16.8 Å². The van der Waals surface area contributed by atoms with Gasteiger partial charge < -0.3 is 16.0 Å². The van der Waals surface area contributed by atoms with E-state index in [1.54, 1.807) is 0 Å². The van der Waals surface area contributed by atoms with Crippen molar-refractivity contribution in [2.45, 2.75) is 45.1 Å². The van der Waals surface area contributed by atoms with E-state index >= 15 is 0 Å². The summed E-state index contributed by atoms with van der Waals surface area (Å²) in [7, 11) is 0. The maximum Gasteiger partial charge on any atom is 0.251 e. The summed E-state index contributed by atoms with van der Waals surface area (Å²) >= 11 is 1.50. The van der Waals surface area contributed by atoms with Crippen LogP contribution in [0.15, 0.2) is 24.3 Å². The number of benzene rings is 1. The van der Waals surface area contributed by atoms with Crippen molar-refractivity contribution in [1.82, 2.24) is 0 Å². The molecule has 0 spiro atoms. The second-order valence-corrected chi connectivity index (χ2v) is 8.12. The van der Waals surface area contributed by atoms with Gasteiger partial charge in [-0.3, -0.25) is 9.59 Å². The van der Waals surface area contributed by atoms with Crippen LogP contribution in [0, 0.1) is 0 Å². The third-order valence-corrected chi connectivity index (χ3v) is 6.60. The Hall–Kier alpha value is -2.34. The van der Waals surface area contributed by atoms with Crippen LogP contribution in [0.3, 0.4) is 0 Å². The van der Waals surface area contributed by atoms with Crippen LogP contribution in [-0.4, -0.2) is 24.4 Å². The molecule has 4 rings (SSSR count). The van der Waals surface area contributed by atoms with Crippen LogP contribution in [0.2, 0.25) is 0 Å². The third-order valence-electron chi connectivity index (χ3n) is 5.40. The number of carbonyl (C=O) groups excluding carboxylic acids is 2. The molecule has 2 aromatic rings. The van der Waals surface area contributed by atoms with Gasteiger partial charge in [-0.25, -0.2) is 0 Å². The first-order valence-corrected chi connectivity index (χ1v) is 9.97. The van der Waals surface area contributed by atoms with E-state index in [0.717, 1.165) is 49.9 Å². The highest BCUT2D eigenvalue weighted by Crippen LogP contribution is 2.39. The second kappa shape index (κ2) is 6.76. The average Bonchev–Trinajstić information content (AvgIpc) is 3.20. The van der Waals surface area contributed by atoms with Crippen molar-refractivity contribution < 1.29 is 9.59 Å². The van der Waals surface area contributed by atoms with E-state index in [-0.39, 0.29) is 11.9 Å². The maximum absolute atomic E-state index is 12.9. The minimum atomic E-state index is -0.448. The zero-order chi connectivity index (χ0) is 18.3. The molecule has 0 saturated heterocycles. The van der Waals surface area contributed by atoms with Crippen LogP contribution in [-0.2, 0) is 24.1 Å². The van der Waals surface area contributed by atoms with Gasteiger partial charge in [0.25, 0.3) is 5.91 Å². The van der Waals surface area contributed by atoms with Gasteiger partial charge in [0, 0.05) is 17.1 Å². The van der Waals surface area contributed by atoms with E-state index < -0.39 is 5.91 Å². The standard InChI is InChI=1S/C20H23N3O2S/c1-12(23-11-5-7-13-6-2-3-9-15(13)23)19(25)22-20-17(18(21)24)14-8-4-10-16(14)26-20/h2-3,6,9,12H,4-5,7-8,10-11H2,1H3,(H2,21,24)(H,22,25)/t12-/m1/s1. The van der Waals surface area contributed by atoms with E-state index in [4.69, 9.17) is 5.73 Å². The van der Waals surface area contributed by atoms with Crippen molar-refractivity contribution in [3.63, 3.8) is 0 Å². The van der Waals surface area contributed by atoms with Crippen LogP contribution in [0.25, 0.3) is 0 Å². The summed E-state index contributed by atoms with van der Waals surface area (Å²) in [5.41, 5.74) is 9.56. The number of thiophene rings is 1. The van der Waals surface area contributed by atoms with E-state index in [2.05, 4.69) is 22.3 Å². The summed E-state index contributed by atoms with van der Waals surface area (Å²) in [6.07, 6.45) is 4.97. The summed E-state index contributed by atoms with van der Waals surface area (Å²) in [5.74, 6) is -0.542. The Morgan fingerprint density at radius 2 is 2.00 bits per heavy atom. The number of nitrogens with two attached hydrogens (primary N) is 1. The predicted octanol–water partition coefficient (Wildman–Crippen LogP) is 3.12. The van der Waals surface area contributed by atoms with E-state index in [1.807, 2.05) is 19.1 Å². The number of primary amides is 1. The van der Waals surface area contributed by atoms with Crippen LogP contribution >= 0.6 is 11.3 Å². The molecule has 2 heterocycles. The average molecular weight is 369 g/mol. The molecule has 0 radical (unpaired) electrons. The number of aryl methyl sites for hydroxylation is 2. The van der Waals surface area contributed by atoms with Crippen molar-refractivity contribution >= 4 is 33.8 Å². The molecule has 0 fully saturated rings. The number of carbonyl (C=O) groups is 2. The maximum atomic E-state index is 12.9. The number of para-hydroxylation sites is 1. The first-order chi connectivity index (χ1) is 12.6. The Morgan fingerprint density at radius 3 is 2.81 bits per heavy atom. The largest absolute Gasteiger partial charge is 0.365 e. The molecule has 5 nitrogen and oxygen atoms in total. The second-order valence-electron chi connectivity index (χ2n) is 7.02. The number of nitrogens with zero attached hydrogens (tertiary/aromatic N) is 1. The Labute approximate surface area is 157 Å². The Balaban J connectivity index is 1.57. The number of hydrogen-bond donors (Lipinski definition) is 2. The number of fused-ring (bicyclic) bond motifs is 2. The Morgan fingerprint density at radius 1 is 1.19 bits per heavy atom. The van der Waals surface area contributed by atoms with Gasteiger partial charge >= 0.3 is 0 Å². The lowest BCUT2D eigenvalue weighted by atomic mass is 10.00. The molecule has 3 N–H and O–H groups in total. The molecular weight excluding hydrogens is 346 g/mol. The monoisotopic (exact) mass is 369 g/mol. The van der Waals surface area contributed by atoms with Crippen molar-refractivity contribution in [1.29, 1.82) is 0 Å². The van der Waals surface area contributed by atoms with Gasteiger partial charge in [0.1, 0.15) is 11.0 Å². The molecular formula is C20H23N3O2S. The molecule has 2 aliphatic rings. The minimum absolute atomic E-state index is 0.0934. The van der Waals surface area contributed by atoms with Gasteiger partial charge in [0.15, 0.2) is 0 Å². The molecule has 1 aromatic carbocycles. The number of rotatable bonds is 4. The lowest BCUT2D eigenvalue weighted by Gasteiger charge is -2.35. The molecule has 1 aliphatic heterocycles. The van der Waals surface area contributed by atoms with Gasteiger partial charge in [0.05, 0.1) is 5.56 Å². The number of anilines is 2. The molecule has 1 aliphatic carbocycles. The summed E-state index contributed by atoms with van der Waals surface area (Å²) in [6, 6.07) is 7.94. The lowest BCUT2D eigenvalue weighted by molar-refractivity contribution is -0.117. The molecule has 2 amide bonds. The first kappa shape index (κ1) is 17.1. The predicted molar refractivity (Wildman–Crippen MR) is 105 cm³/mol. The highest BCUT2D eigenvalue weighted by atomic mass is 32.1. The molecule has 1 atom stereocenters. The van der Waals surface area contributed by atoms with Crippen molar-refractivity contribution in [3.8, 4) is 0 Å². The molecule has 1 aromatic heterocycles. The molecule has 6 heteroatoms. The molecule has 26 heavy (non-hydrogen) atoms.